The molecule has 0 atom stereocenters. The van der Waals surface area contributed by atoms with E-state index >= 15 is 0 Å². The van der Waals surface area contributed by atoms with E-state index in [4.69, 9.17) is 10.5 Å². The van der Waals surface area contributed by atoms with Crippen LogP contribution >= 0.6 is 0 Å². The topological polar surface area (TPSA) is 64.3 Å². The molecule has 0 saturated heterocycles. The minimum Gasteiger partial charge on any atom is -0.494 e. The number of nitrogens with two attached hydrogens (primary N) is 1. The molecule has 4 heteroatoms. The Labute approximate surface area is 147 Å². The highest BCUT2D eigenvalue weighted by atomic mass is 16.5. The van der Waals surface area contributed by atoms with Gasteiger partial charge in [-0.25, -0.2) is 0 Å². The largest absolute Gasteiger partial charge is 0.494 e. The third kappa shape index (κ3) is 3.98. The third-order valence-corrected chi connectivity index (χ3v) is 3.84. The lowest BCUT2D eigenvalue weighted by Gasteiger charge is -2.11. The molecule has 0 radical (unpaired) electrons. The van der Waals surface area contributed by atoms with Gasteiger partial charge in [-0.3, -0.25) is 4.79 Å². The molecule has 1 amide bonds. The fourth-order valence-electron chi connectivity index (χ4n) is 2.55. The van der Waals surface area contributed by atoms with Gasteiger partial charge in [0.1, 0.15) is 5.75 Å². The summed E-state index contributed by atoms with van der Waals surface area (Å²) >= 11 is 0. The van der Waals surface area contributed by atoms with Crippen LogP contribution in [0.3, 0.4) is 0 Å². The van der Waals surface area contributed by atoms with E-state index in [-0.39, 0.29) is 5.91 Å². The van der Waals surface area contributed by atoms with Crippen molar-refractivity contribution in [2.45, 2.75) is 6.92 Å². The summed E-state index contributed by atoms with van der Waals surface area (Å²) in [7, 11) is 0. The van der Waals surface area contributed by atoms with E-state index in [2.05, 4.69) is 5.32 Å². The van der Waals surface area contributed by atoms with Gasteiger partial charge < -0.3 is 15.8 Å². The first-order chi connectivity index (χ1) is 12.2. The number of ether oxygens (including phenoxy) is 1. The first-order valence-corrected chi connectivity index (χ1v) is 8.16. The lowest BCUT2D eigenvalue weighted by atomic mass is 10.0. The number of amides is 1. The SMILES string of the molecule is CCOc1ccc(NC(=O)c2ccc(-c3ccccc3)cc2)c(N)c1. The predicted molar refractivity (Wildman–Crippen MR) is 102 cm³/mol. The van der Waals surface area contributed by atoms with Crippen molar-refractivity contribution < 1.29 is 9.53 Å². The van der Waals surface area contributed by atoms with Crippen LogP contribution in [0.15, 0.2) is 72.8 Å². The molecule has 4 nitrogen and oxygen atoms in total. The first-order valence-electron chi connectivity index (χ1n) is 8.16. The number of nitrogen functional groups attached to an aromatic ring is 1. The average Bonchev–Trinajstić information content (AvgIpc) is 2.65. The van der Waals surface area contributed by atoms with E-state index in [1.54, 1.807) is 18.2 Å². The molecule has 126 valence electrons. The van der Waals surface area contributed by atoms with E-state index in [9.17, 15) is 4.79 Å². The van der Waals surface area contributed by atoms with Gasteiger partial charge in [-0.1, -0.05) is 42.5 Å². The van der Waals surface area contributed by atoms with Crippen LogP contribution in [0.5, 0.6) is 5.75 Å². The zero-order chi connectivity index (χ0) is 17.6. The third-order valence-electron chi connectivity index (χ3n) is 3.84. The lowest BCUT2D eigenvalue weighted by Crippen LogP contribution is -2.13. The fourth-order valence-corrected chi connectivity index (χ4v) is 2.55. The number of rotatable bonds is 5. The molecule has 0 unspecified atom stereocenters. The van der Waals surface area contributed by atoms with Gasteiger partial charge in [-0.15, -0.1) is 0 Å². The quantitative estimate of drug-likeness (QED) is 0.672. The molecule has 0 heterocycles. The van der Waals surface area contributed by atoms with Gasteiger partial charge in [0.15, 0.2) is 0 Å². The van der Waals surface area contributed by atoms with E-state index in [0.717, 1.165) is 11.1 Å². The summed E-state index contributed by atoms with van der Waals surface area (Å²) < 4.78 is 5.39. The average molecular weight is 332 g/mol. The summed E-state index contributed by atoms with van der Waals surface area (Å²) in [5.41, 5.74) is 9.79. The second-order valence-electron chi connectivity index (χ2n) is 5.58. The van der Waals surface area contributed by atoms with Crippen LogP contribution in [0.2, 0.25) is 0 Å². The molecule has 0 spiro atoms. The zero-order valence-corrected chi connectivity index (χ0v) is 14.0. The van der Waals surface area contributed by atoms with E-state index in [0.29, 0.717) is 29.3 Å². The summed E-state index contributed by atoms with van der Waals surface area (Å²) in [4.78, 5) is 12.4. The van der Waals surface area contributed by atoms with Crippen molar-refractivity contribution in [3.05, 3.63) is 78.4 Å². The Bertz CT molecular complexity index is 859. The van der Waals surface area contributed by atoms with Crippen LogP contribution < -0.4 is 15.8 Å². The maximum atomic E-state index is 12.4. The zero-order valence-electron chi connectivity index (χ0n) is 14.0. The molecule has 3 aromatic rings. The number of carbonyl (C=O) groups is 1. The van der Waals surface area contributed by atoms with E-state index in [1.807, 2.05) is 61.5 Å². The minimum atomic E-state index is -0.199. The van der Waals surface area contributed by atoms with Gasteiger partial charge in [0.25, 0.3) is 5.91 Å². The monoisotopic (exact) mass is 332 g/mol. The summed E-state index contributed by atoms with van der Waals surface area (Å²) in [6.45, 7) is 2.48. The van der Waals surface area contributed by atoms with Crippen molar-refractivity contribution >= 4 is 17.3 Å². The summed E-state index contributed by atoms with van der Waals surface area (Å²) in [5.74, 6) is 0.487. The van der Waals surface area contributed by atoms with E-state index < -0.39 is 0 Å². The Morgan fingerprint density at radius 1 is 0.960 bits per heavy atom. The number of nitrogens with one attached hydrogen (secondary N) is 1. The van der Waals surface area contributed by atoms with Crippen LogP contribution in [0.25, 0.3) is 11.1 Å². The Kier molecular flexibility index (Phi) is 5.00. The molecule has 0 aliphatic rings. The highest BCUT2D eigenvalue weighted by Gasteiger charge is 2.09. The van der Waals surface area contributed by atoms with Crippen molar-refractivity contribution in [1.82, 2.24) is 0 Å². The standard InChI is InChI=1S/C21H20N2O2/c1-2-25-18-12-13-20(19(22)14-18)23-21(24)17-10-8-16(9-11-17)15-6-4-3-5-7-15/h3-14H,2,22H2,1H3,(H,23,24). The molecule has 25 heavy (non-hydrogen) atoms. The van der Waals surface area contributed by atoms with Gasteiger partial charge in [0.05, 0.1) is 18.0 Å². The highest BCUT2D eigenvalue weighted by Crippen LogP contribution is 2.25. The van der Waals surface area contributed by atoms with Gasteiger partial charge >= 0.3 is 0 Å². The predicted octanol–water partition coefficient (Wildman–Crippen LogP) is 4.59. The van der Waals surface area contributed by atoms with Crippen LogP contribution in [0.1, 0.15) is 17.3 Å². The Balaban J connectivity index is 1.73. The van der Waals surface area contributed by atoms with Crippen molar-refractivity contribution in [2.24, 2.45) is 0 Å². The first kappa shape index (κ1) is 16.6. The lowest BCUT2D eigenvalue weighted by molar-refractivity contribution is 0.102. The number of benzene rings is 3. The van der Waals surface area contributed by atoms with Crippen molar-refractivity contribution in [1.29, 1.82) is 0 Å². The van der Waals surface area contributed by atoms with Crippen molar-refractivity contribution in [3.8, 4) is 16.9 Å². The van der Waals surface area contributed by atoms with Crippen LogP contribution in [-0.2, 0) is 0 Å². The molecule has 0 aliphatic carbocycles. The Morgan fingerprint density at radius 2 is 1.64 bits per heavy atom. The van der Waals surface area contributed by atoms with E-state index in [1.165, 1.54) is 0 Å². The van der Waals surface area contributed by atoms with Crippen molar-refractivity contribution in [2.75, 3.05) is 17.7 Å². The van der Waals surface area contributed by atoms with Gasteiger partial charge in [0, 0.05) is 11.6 Å². The fraction of sp³-hybridized carbons (Fsp3) is 0.0952. The number of hydrogen-bond donors (Lipinski definition) is 2. The molecule has 0 aliphatic heterocycles. The summed E-state index contributed by atoms with van der Waals surface area (Å²) in [6, 6.07) is 22.8. The number of carbonyl (C=O) groups excluding carboxylic acids is 1. The smallest absolute Gasteiger partial charge is 0.255 e. The second kappa shape index (κ2) is 7.53. The molecule has 3 rings (SSSR count). The normalized spacial score (nSPS) is 10.3. The Morgan fingerprint density at radius 3 is 2.28 bits per heavy atom. The Hall–Kier alpha value is -3.27. The molecule has 0 fully saturated rings. The molecular formula is C21H20N2O2. The molecule has 3 N–H and O–H groups in total. The number of hydrogen-bond acceptors (Lipinski definition) is 3. The molecule has 3 aromatic carbocycles. The van der Waals surface area contributed by atoms with Gasteiger partial charge in [-0.05, 0) is 42.3 Å². The molecule has 0 aromatic heterocycles. The molecule has 0 bridgehead atoms. The summed E-state index contributed by atoms with van der Waals surface area (Å²) in [5, 5.41) is 2.84. The van der Waals surface area contributed by atoms with Gasteiger partial charge in [0.2, 0.25) is 0 Å². The maximum Gasteiger partial charge on any atom is 0.255 e. The minimum absolute atomic E-state index is 0.199. The van der Waals surface area contributed by atoms with Crippen LogP contribution in [0.4, 0.5) is 11.4 Å². The van der Waals surface area contributed by atoms with Crippen molar-refractivity contribution in [3.63, 3.8) is 0 Å². The molecule has 0 saturated carbocycles. The number of anilines is 2. The van der Waals surface area contributed by atoms with Gasteiger partial charge in [-0.2, -0.15) is 0 Å². The second-order valence-corrected chi connectivity index (χ2v) is 5.58. The van der Waals surface area contributed by atoms with Crippen LogP contribution in [0, 0.1) is 0 Å². The highest BCUT2D eigenvalue weighted by molar-refractivity contribution is 6.06. The summed E-state index contributed by atoms with van der Waals surface area (Å²) in [6.07, 6.45) is 0. The molecular weight excluding hydrogens is 312 g/mol. The maximum absolute atomic E-state index is 12.4. The van der Waals surface area contributed by atoms with Crippen LogP contribution in [-0.4, -0.2) is 12.5 Å².